The second-order valence-electron chi connectivity index (χ2n) is 3.47. The van der Waals surface area contributed by atoms with E-state index in [1.54, 1.807) is 29.9 Å². The van der Waals surface area contributed by atoms with Crippen molar-refractivity contribution in [3.63, 3.8) is 0 Å². The summed E-state index contributed by atoms with van der Waals surface area (Å²) in [4.78, 5) is 16.8. The van der Waals surface area contributed by atoms with Crippen molar-refractivity contribution in [3.8, 4) is 5.75 Å². The number of nitrogens with zero attached hydrogens (tertiary/aromatic N) is 1. The molecule has 0 aliphatic heterocycles. The standard InChI is InChI=1S/C13H13NO3S/c1-2-16-12-6-4-3-5-11(12)13(15)17-8-10-7-14-9-18-10/h3-7,9H,2,8H2,1H3. The van der Waals surface area contributed by atoms with Gasteiger partial charge in [0.05, 0.1) is 17.0 Å². The molecule has 0 unspecified atom stereocenters. The molecule has 5 heteroatoms. The Bertz CT molecular complexity index is 511. The molecule has 1 aromatic carbocycles. The van der Waals surface area contributed by atoms with Crippen LogP contribution in [0.3, 0.4) is 0 Å². The summed E-state index contributed by atoms with van der Waals surface area (Å²) in [6, 6.07) is 7.06. The van der Waals surface area contributed by atoms with Crippen LogP contribution in [0.4, 0.5) is 0 Å². The van der Waals surface area contributed by atoms with Crippen molar-refractivity contribution >= 4 is 17.3 Å². The summed E-state index contributed by atoms with van der Waals surface area (Å²) in [6.07, 6.45) is 1.69. The van der Waals surface area contributed by atoms with Gasteiger partial charge in [-0.05, 0) is 19.1 Å². The number of ether oxygens (including phenoxy) is 2. The van der Waals surface area contributed by atoms with Crippen LogP contribution < -0.4 is 4.74 Å². The molecule has 4 nitrogen and oxygen atoms in total. The molecular formula is C13H13NO3S. The number of carbonyl (C=O) groups excluding carboxylic acids is 1. The summed E-state index contributed by atoms with van der Waals surface area (Å²) in [5.74, 6) is 0.168. The van der Waals surface area contributed by atoms with Gasteiger partial charge in [0, 0.05) is 6.20 Å². The van der Waals surface area contributed by atoms with Gasteiger partial charge in [-0.1, -0.05) is 12.1 Å². The molecule has 0 radical (unpaired) electrons. The summed E-state index contributed by atoms with van der Waals surface area (Å²) in [6.45, 7) is 2.63. The Hall–Kier alpha value is -1.88. The molecule has 1 heterocycles. The van der Waals surface area contributed by atoms with Gasteiger partial charge in [-0.3, -0.25) is 4.98 Å². The van der Waals surface area contributed by atoms with E-state index >= 15 is 0 Å². The van der Waals surface area contributed by atoms with Crippen LogP contribution in [0.5, 0.6) is 5.75 Å². The normalized spacial score (nSPS) is 10.1. The van der Waals surface area contributed by atoms with E-state index < -0.39 is 0 Å². The lowest BCUT2D eigenvalue weighted by Gasteiger charge is -2.09. The largest absolute Gasteiger partial charge is 0.493 e. The van der Waals surface area contributed by atoms with Crippen LogP contribution >= 0.6 is 11.3 Å². The highest BCUT2D eigenvalue weighted by molar-refractivity contribution is 7.09. The Labute approximate surface area is 109 Å². The third-order valence-corrected chi connectivity index (χ3v) is 2.99. The highest BCUT2D eigenvalue weighted by Gasteiger charge is 2.13. The zero-order valence-corrected chi connectivity index (χ0v) is 10.8. The highest BCUT2D eigenvalue weighted by atomic mass is 32.1. The van der Waals surface area contributed by atoms with Crippen LogP contribution in [0.2, 0.25) is 0 Å². The zero-order chi connectivity index (χ0) is 12.8. The van der Waals surface area contributed by atoms with Crippen LogP contribution in [0.15, 0.2) is 36.0 Å². The van der Waals surface area contributed by atoms with Crippen molar-refractivity contribution in [3.05, 3.63) is 46.4 Å². The molecular weight excluding hydrogens is 250 g/mol. The third kappa shape index (κ3) is 3.07. The lowest BCUT2D eigenvalue weighted by atomic mass is 10.2. The fraction of sp³-hybridized carbons (Fsp3) is 0.231. The number of aromatic nitrogens is 1. The number of thiazole rings is 1. The molecule has 0 atom stereocenters. The Kier molecular flexibility index (Phi) is 4.30. The van der Waals surface area contributed by atoms with Gasteiger partial charge in [-0.25, -0.2) is 4.79 Å². The minimum atomic E-state index is -0.382. The van der Waals surface area contributed by atoms with Gasteiger partial charge < -0.3 is 9.47 Å². The van der Waals surface area contributed by atoms with E-state index in [2.05, 4.69) is 4.98 Å². The van der Waals surface area contributed by atoms with Gasteiger partial charge >= 0.3 is 5.97 Å². The van der Waals surface area contributed by atoms with E-state index in [1.165, 1.54) is 11.3 Å². The molecule has 0 spiro atoms. The Morgan fingerprint density at radius 2 is 2.22 bits per heavy atom. The van der Waals surface area contributed by atoms with Gasteiger partial charge in [0.25, 0.3) is 0 Å². The first-order valence-corrected chi connectivity index (χ1v) is 6.45. The first-order valence-electron chi connectivity index (χ1n) is 5.57. The number of hydrogen-bond acceptors (Lipinski definition) is 5. The van der Waals surface area contributed by atoms with Crippen molar-refractivity contribution in [2.75, 3.05) is 6.61 Å². The number of hydrogen-bond donors (Lipinski definition) is 0. The number of para-hydroxylation sites is 1. The molecule has 0 amide bonds. The van der Waals surface area contributed by atoms with Crippen LogP contribution in [-0.2, 0) is 11.3 Å². The van der Waals surface area contributed by atoms with Crippen molar-refractivity contribution in [2.24, 2.45) is 0 Å². The fourth-order valence-electron chi connectivity index (χ4n) is 1.44. The summed E-state index contributed by atoms with van der Waals surface area (Å²) in [5.41, 5.74) is 2.15. The molecule has 0 N–H and O–H groups in total. The molecule has 0 saturated carbocycles. The average molecular weight is 263 g/mol. The maximum Gasteiger partial charge on any atom is 0.342 e. The first kappa shape index (κ1) is 12.6. The average Bonchev–Trinajstić information content (AvgIpc) is 2.90. The van der Waals surface area contributed by atoms with Crippen molar-refractivity contribution in [2.45, 2.75) is 13.5 Å². The predicted octanol–water partition coefficient (Wildman–Crippen LogP) is 2.90. The fourth-order valence-corrected chi connectivity index (χ4v) is 1.95. The summed E-state index contributed by atoms with van der Waals surface area (Å²) in [5, 5.41) is 0. The van der Waals surface area contributed by atoms with Crippen LogP contribution in [0.25, 0.3) is 0 Å². The van der Waals surface area contributed by atoms with Crippen LogP contribution in [0, 0.1) is 0 Å². The molecule has 2 aromatic rings. The molecule has 0 bridgehead atoms. The number of rotatable bonds is 5. The van der Waals surface area contributed by atoms with E-state index in [4.69, 9.17) is 9.47 Å². The summed E-state index contributed by atoms with van der Waals surface area (Å²) < 4.78 is 10.6. The highest BCUT2D eigenvalue weighted by Crippen LogP contribution is 2.19. The maximum atomic E-state index is 11.9. The summed E-state index contributed by atoms with van der Waals surface area (Å²) >= 11 is 1.45. The summed E-state index contributed by atoms with van der Waals surface area (Å²) in [7, 11) is 0. The van der Waals surface area contributed by atoms with Crippen LogP contribution in [-0.4, -0.2) is 17.6 Å². The lowest BCUT2D eigenvalue weighted by molar-refractivity contribution is 0.0472. The molecule has 1 aromatic heterocycles. The molecule has 94 valence electrons. The second-order valence-corrected chi connectivity index (χ2v) is 4.44. The van der Waals surface area contributed by atoms with Gasteiger partial charge in [0.1, 0.15) is 17.9 Å². The van der Waals surface area contributed by atoms with E-state index in [-0.39, 0.29) is 12.6 Å². The Morgan fingerprint density at radius 1 is 1.39 bits per heavy atom. The van der Waals surface area contributed by atoms with Gasteiger partial charge in [0.15, 0.2) is 0 Å². The van der Waals surface area contributed by atoms with Crippen molar-refractivity contribution in [1.29, 1.82) is 0 Å². The van der Waals surface area contributed by atoms with Crippen molar-refractivity contribution < 1.29 is 14.3 Å². The zero-order valence-electron chi connectivity index (χ0n) is 9.96. The Balaban J connectivity index is 2.04. The second kappa shape index (κ2) is 6.16. The molecule has 0 fully saturated rings. The number of carbonyl (C=O) groups is 1. The van der Waals surface area contributed by atoms with E-state index in [0.717, 1.165) is 4.88 Å². The molecule has 0 aliphatic carbocycles. The van der Waals surface area contributed by atoms with E-state index in [0.29, 0.717) is 17.9 Å². The quantitative estimate of drug-likeness (QED) is 0.778. The molecule has 2 rings (SSSR count). The molecule has 18 heavy (non-hydrogen) atoms. The SMILES string of the molecule is CCOc1ccccc1C(=O)OCc1cncs1. The van der Waals surface area contributed by atoms with Gasteiger partial charge in [-0.15, -0.1) is 11.3 Å². The maximum absolute atomic E-state index is 11.9. The smallest absolute Gasteiger partial charge is 0.342 e. The Morgan fingerprint density at radius 3 is 2.94 bits per heavy atom. The van der Waals surface area contributed by atoms with Gasteiger partial charge in [0.2, 0.25) is 0 Å². The van der Waals surface area contributed by atoms with Crippen molar-refractivity contribution in [1.82, 2.24) is 4.98 Å². The van der Waals surface area contributed by atoms with Crippen LogP contribution in [0.1, 0.15) is 22.2 Å². The minimum Gasteiger partial charge on any atom is -0.493 e. The van der Waals surface area contributed by atoms with E-state index in [9.17, 15) is 4.79 Å². The number of esters is 1. The predicted molar refractivity (Wildman–Crippen MR) is 68.8 cm³/mol. The first-order chi connectivity index (χ1) is 8.81. The van der Waals surface area contributed by atoms with E-state index in [1.807, 2.05) is 13.0 Å². The third-order valence-electron chi connectivity index (χ3n) is 2.24. The minimum absolute atomic E-state index is 0.240. The molecule has 0 aliphatic rings. The topological polar surface area (TPSA) is 48.4 Å². The molecule has 0 saturated heterocycles. The monoisotopic (exact) mass is 263 g/mol. The lowest BCUT2D eigenvalue weighted by Crippen LogP contribution is -2.07. The number of benzene rings is 1. The van der Waals surface area contributed by atoms with Gasteiger partial charge in [-0.2, -0.15) is 0 Å².